The predicted molar refractivity (Wildman–Crippen MR) is 110 cm³/mol. The van der Waals surface area contributed by atoms with E-state index in [-0.39, 0.29) is 11.5 Å². The van der Waals surface area contributed by atoms with Crippen molar-refractivity contribution in [2.45, 2.75) is 20.4 Å². The lowest BCUT2D eigenvalue weighted by Gasteiger charge is -2.09. The number of rotatable bonds is 4. The van der Waals surface area contributed by atoms with Crippen LogP contribution in [-0.4, -0.2) is 22.4 Å². The van der Waals surface area contributed by atoms with Gasteiger partial charge in [-0.1, -0.05) is 29.5 Å². The molecule has 28 heavy (non-hydrogen) atoms. The molecule has 1 N–H and O–H groups in total. The Hall–Kier alpha value is -3.19. The van der Waals surface area contributed by atoms with Crippen molar-refractivity contribution in [3.05, 3.63) is 74.4 Å². The third kappa shape index (κ3) is 3.14. The highest BCUT2D eigenvalue weighted by atomic mass is 32.1. The molecule has 0 aliphatic rings. The molecule has 142 valence electrons. The van der Waals surface area contributed by atoms with Crippen LogP contribution in [0.15, 0.2) is 47.3 Å². The van der Waals surface area contributed by atoms with Gasteiger partial charge in [0, 0.05) is 18.2 Å². The van der Waals surface area contributed by atoms with Gasteiger partial charge in [-0.25, -0.2) is 4.98 Å². The van der Waals surface area contributed by atoms with Crippen molar-refractivity contribution in [3.63, 3.8) is 0 Å². The van der Waals surface area contributed by atoms with E-state index in [0.29, 0.717) is 22.1 Å². The van der Waals surface area contributed by atoms with E-state index in [1.807, 2.05) is 50.2 Å². The first-order valence-corrected chi connectivity index (χ1v) is 9.63. The monoisotopic (exact) mass is 393 g/mol. The summed E-state index contributed by atoms with van der Waals surface area (Å²) in [6.45, 7) is 4.32. The molecule has 0 fully saturated rings. The first-order chi connectivity index (χ1) is 13.5. The van der Waals surface area contributed by atoms with E-state index in [1.165, 1.54) is 17.4 Å². The molecular formula is C21H19N3O3S. The summed E-state index contributed by atoms with van der Waals surface area (Å²) in [5, 5.41) is 2.85. The molecule has 0 atom stereocenters. The van der Waals surface area contributed by atoms with Crippen LogP contribution in [-0.2, 0) is 6.54 Å². The van der Waals surface area contributed by atoms with Crippen LogP contribution in [0.25, 0.3) is 16.0 Å². The maximum atomic E-state index is 12.7. The van der Waals surface area contributed by atoms with Gasteiger partial charge in [-0.3, -0.25) is 14.0 Å². The Labute approximate surface area is 165 Å². The highest BCUT2D eigenvalue weighted by molar-refractivity contribution is 7.18. The van der Waals surface area contributed by atoms with E-state index in [0.717, 1.165) is 27.7 Å². The summed E-state index contributed by atoms with van der Waals surface area (Å²) in [6, 6.07) is 12.8. The highest BCUT2D eigenvalue weighted by Crippen LogP contribution is 2.23. The van der Waals surface area contributed by atoms with Crippen LogP contribution in [0.5, 0.6) is 5.75 Å². The zero-order valence-corrected chi connectivity index (χ0v) is 16.6. The topological polar surface area (TPSA) is 72.7 Å². The second-order valence-corrected chi connectivity index (χ2v) is 7.61. The third-order valence-corrected chi connectivity index (χ3v) is 5.75. The summed E-state index contributed by atoms with van der Waals surface area (Å²) in [5.41, 5.74) is 4.33. The van der Waals surface area contributed by atoms with Gasteiger partial charge in [-0.05, 0) is 43.2 Å². The molecular weight excluding hydrogens is 374 g/mol. The van der Waals surface area contributed by atoms with Gasteiger partial charge in [0.15, 0.2) is 4.96 Å². The van der Waals surface area contributed by atoms with Crippen LogP contribution in [0.1, 0.15) is 26.4 Å². The Morgan fingerprint density at radius 1 is 1.18 bits per heavy atom. The van der Waals surface area contributed by atoms with Gasteiger partial charge in [-0.15, -0.1) is 0 Å². The van der Waals surface area contributed by atoms with Crippen LogP contribution in [0, 0.1) is 13.8 Å². The zero-order chi connectivity index (χ0) is 19.8. The number of amides is 1. The number of aromatic nitrogens is 2. The molecule has 0 unspecified atom stereocenters. The fourth-order valence-electron chi connectivity index (χ4n) is 3.12. The molecule has 2 heterocycles. The minimum absolute atomic E-state index is 0.262. The minimum atomic E-state index is -0.310. The molecule has 0 saturated heterocycles. The number of imidazole rings is 1. The first kappa shape index (κ1) is 18.2. The van der Waals surface area contributed by atoms with Gasteiger partial charge in [0.2, 0.25) is 0 Å². The summed E-state index contributed by atoms with van der Waals surface area (Å²) < 4.78 is 6.86. The number of benzene rings is 2. The lowest BCUT2D eigenvalue weighted by atomic mass is 10.1. The number of aryl methyl sites for hydroxylation is 2. The number of nitrogens with zero attached hydrogens (tertiary/aromatic N) is 2. The molecule has 2 aromatic carbocycles. The molecule has 2 aromatic heterocycles. The molecule has 0 aliphatic carbocycles. The molecule has 4 rings (SSSR count). The summed E-state index contributed by atoms with van der Waals surface area (Å²) in [4.78, 5) is 30.7. The number of ether oxygens (including phenoxy) is 1. The van der Waals surface area contributed by atoms with Gasteiger partial charge < -0.3 is 10.1 Å². The van der Waals surface area contributed by atoms with Gasteiger partial charge in [-0.2, -0.15) is 0 Å². The summed E-state index contributed by atoms with van der Waals surface area (Å²) in [5.74, 6) is 0.395. The van der Waals surface area contributed by atoms with E-state index in [2.05, 4.69) is 10.3 Å². The van der Waals surface area contributed by atoms with Crippen LogP contribution in [0.4, 0.5) is 0 Å². The quantitative estimate of drug-likeness (QED) is 0.576. The molecule has 0 radical (unpaired) electrons. The van der Waals surface area contributed by atoms with Gasteiger partial charge in [0.05, 0.1) is 18.1 Å². The van der Waals surface area contributed by atoms with E-state index in [4.69, 9.17) is 4.74 Å². The Morgan fingerprint density at radius 2 is 1.93 bits per heavy atom. The Morgan fingerprint density at radius 3 is 2.71 bits per heavy atom. The molecule has 0 spiro atoms. The van der Waals surface area contributed by atoms with E-state index < -0.39 is 0 Å². The highest BCUT2D eigenvalue weighted by Gasteiger charge is 2.15. The standard InChI is InChI=1S/C21H19N3O3S/c1-12-8-15-16(9-13(12)2)24-19(25)10-18(28-21(24)23-15)20(26)22-11-14-6-4-5-7-17(14)27-3/h4-10H,11H2,1-3H3,(H,22,26). The average Bonchev–Trinajstić information content (AvgIpc) is 3.04. The number of carbonyl (C=O) groups excluding carboxylic acids is 1. The molecule has 0 bridgehead atoms. The number of hydrogen-bond acceptors (Lipinski definition) is 5. The Balaban J connectivity index is 1.68. The number of methoxy groups -OCH3 is 1. The predicted octanol–water partition coefficient (Wildman–Crippen LogP) is 3.46. The molecule has 1 amide bonds. The van der Waals surface area contributed by atoms with Crippen LogP contribution in [0.2, 0.25) is 0 Å². The molecule has 7 heteroatoms. The fraction of sp³-hybridized carbons (Fsp3) is 0.190. The molecule has 6 nitrogen and oxygen atoms in total. The smallest absolute Gasteiger partial charge is 0.261 e. The lowest BCUT2D eigenvalue weighted by Crippen LogP contribution is -2.24. The van der Waals surface area contributed by atoms with E-state index in [9.17, 15) is 9.59 Å². The molecule has 0 saturated carbocycles. The van der Waals surface area contributed by atoms with E-state index >= 15 is 0 Å². The maximum Gasteiger partial charge on any atom is 0.261 e. The van der Waals surface area contributed by atoms with Crippen LogP contribution in [0.3, 0.4) is 0 Å². The van der Waals surface area contributed by atoms with Crippen molar-refractivity contribution in [1.29, 1.82) is 0 Å². The van der Waals surface area contributed by atoms with Crippen molar-refractivity contribution in [2.75, 3.05) is 7.11 Å². The SMILES string of the molecule is COc1ccccc1CNC(=O)c1cc(=O)n2c(nc3cc(C)c(C)cc32)s1. The van der Waals surface area contributed by atoms with Crippen LogP contribution < -0.4 is 15.6 Å². The summed E-state index contributed by atoms with van der Waals surface area (Å²) in [7, 11) is 1.59. The lowest BCUT2D eigenvalue weighted by molar-refractivity contribution is 0.0954. The number of carbonyl (C=O) groups is 1. The largest absolute Gasteiger partial charge is 0.496 e. The Kier molecular flexibility index (Phi) is 4.60. The third-order valence-electron chi connectivity index (χ3n) is 4.77. The van der Waals surface area contributed by atoms with Gasteiger partial charge in [0.1, 0.15) is 10.6 Å². The number of fused-ring (bicyclic) bond motifs is 3. The Bertz CT molecular complexity index is 1270. The molecule has 4 aromatic rings. The van der Waals surface area contributed by atoms with Crippen molar-refractivity contribution in [1.82, 2.24) is 14.7 Å². The minimum Gasteiger partial charge on any atom is -0.496 e. The van der Waals surface area contributed by atoms with Crippen LogP contribution >= 0.6 is 11.3 Å². The normalized spacial score (nSPS) is 11.1. The second-order valence-electron chi connectivity index (χ2n) is 6.60. The summed E-state index contributed by atoms with van der Waals surface area (Å²) >= 11 is 1.20. The fourth-order valence-corrected chi connectivity index (χ4v) is 4.06. The number of hydrogen-bond donors (Lipinski definition) is 1. The van der Waals surface area contributed by atoms with E-state index in [1.54, 1.807) is 11.5 Å². The van der Waals surface area contributed by atoms with Crippen molar-refractivity contribution < 1.29 is 9.53 Å². The number of nitrogens with one attached hydrogen (secondary N) is 1. The van der Waals surface area contributed by atoms with Gasteiger partial charge >= 0.3 is 0 Å². The summed E-state index contributed by atoms with van der Waals surface area (Å²) in [6.07, 6.45) is 0. The van der Waals surface area contributed by atoms with Crippen molar-refractivity contribution >= 4 is 33.2 Å². The zero-order valence-electron chi connectivity index (χ0n) is 15.8. The van der Waals surface area contributed by atoms with Gasteiger partial charge in [0.25, 0.3) is 11.5 Å². The first-order valence-electron chi connectivity index (χ1n) is 8.81. The van der Waals surface area contributed by atoms with Crippen molar-refractivity contribution in [2.24, 2.45) is 0 Å². The van der Waals surface area contributed by atoms with Crippen molar-refractivity contribution in [3.8, 4) is 5.75 Å². The second kappa shape index (κ2) is 7.09. The molecule has 0 aliphatic heterocycles. The maximum absolute atomic E-state index is 12.7. The number of para-hydroxylation sites is 1. The average molecular weight is 393 g/mol.